The summed E-state index contributed by atoms with van der Waals surface area (Å²) in [7, 11) is 0. The van der Waals surface area contributed by atoms with Crippen LogP contribution in [0.25, 0.3) is 0 Å². The Morgan fingerprint density at radius 2 is 1.68 bits per heavy atom. The van der Waals surface area contributed by atoms with Crippen molar-refractivity contribution in [3.05, 3.63) is 65.7 Å². The van der Waals surface area contributed by atoms with Crippen molar-refractivity contribution >= 4 is 11.7 Å². The third-order valence-electron chi connectivity index (χ3n) is 4.57. The molecule has 1 unspecified atom stereocenters. The van der Waals surface area contributed by atoms with Crippen molar-refractivity contribution in [2.45, 2.75) is 13.0 Å². The van der Waals surface area contributed by atoms with Gasteiger partial charge in [0, 0.05) is 31.9 Å². The smallest absolute Gasteiger partial charge is 0.317 e. The molecule has 0 spiro atoms. The van der Waals surface area contributed by atoms with Gasteiger partial charge in [0.25, 0.3) is 0 Å². The molecular formula is C20H22N4O. The van der Waals surface area contributed by atoms with Gasteiger partial charge < -0.3 is 15.1 Å². The number of para-hydroxylation sites is 1. The van der Waals surface area contributed by atoms with Crippen molar-refractivity contribution in [3.8, 4) is 6.07 Å². The maximum absolute atomic E-state index is 12.5. The lowest BCUT2D eigenvalue weighted by Crippen LogP contribution is -2.52. The van der Waals surface area contributed by atoms with E-state index in [4.69, 9.17) is 5.26 Å². The molecule has 1 atom stereocenters. The summed E-state index contributed by atoms with van der Waals surface area (Å²) < 4.78 is 0. The third kappa shape index (κ3) is 4.10. The molecule has 0 aliphatic carbocycles. The van der Waals surface area contributed by atoms with Crippen LogP contribution in [0.1, 0.15) is 24.1 Å². The summed E-state index contributed by atoms with van der Waals surface area (Å²) >= 11 is 0. The Balaban J connectivity index is 1.53. The second-order valence-corrected chi connectivity index (χ2v) is 6.21. The molecule has 2 aromatic rings. The minimum atomic E-state index is -0.0904. The zero-order chi connectivity index (χ0) is 17.6. The Hall–Kier alpha value is -3.00. The van der Waals surface area contributed by atoms with E-state index >= 15 is 0 Å². The van der Waals surface area contributed by atoms with E-state index in [1.54, 1.807) is 12.1 Å². The minimum absolute atomic E-state index is 0.0374. The van der Waals surface area contributed by atoms with Crippen molar-refractivity contribution in [1.29, 1.82) is 5.26 Å². The summed E-state index contributed by atoms with van der Waals surface area (Å²) in [5.74, 6) is 0. The molecule has 5 nitrogen and oxygen atoms in total. The number of hydrogen-bond donors (Lipinski definition) is 1. The SMILES string of the molecule is CC(NC(=O)N1CCN(c2ccccc2)CC1)c1ccc(C#N)cc1. The van der Waals surface area contributed by atoms with E-state index in [0.29, 0.717) is 18.7 Å². The molecule has 1 aliphatic heterocycles. The van der Waals surface area contributed by atoms with Crippen LogP contribution in [0.4, 0.5) is 10.5 Å². The van der Waals surface area contributed by atoms with Gasteiger partial charge in [0.05, 0.1) is 17.7 Å². The first-order chi connectivity index (χ1) is 12.2. The number of nitrogens with zero attached hydrogens (tertiary/aromatic N) is 3. The highest BCUT2D eigenvalue weighted by atomic mass is 16.2. The van der Waals surface area contributed by atoms with Crippen LogP contribution in [0.5, 0.6) is 0 Å². The number of carbonyl (C=O) groups excluding carboxylic acids is 1. The first-order valence-electron chi connectivity index (χ1n) is 8.53. The summed E-state index contributed by atoms with van der Waals surface area (Å²) in [6, 6.07) is 19.6. The third-order valence-corrected chi connectivity index (χ3v) is 4.57. The highest BCUT2D eigenvalue weighted by Crippen LogP contribution is 2.17. The number of amides is 2. The minimum Gasteiger partial charge on any atom is -0.368 e. The summed E-state index contributed by atoms with van der Waals surface area (Å²) in [5, 5.41) is 11.9. The van der Waals surface area contributed by atoms with Crippen LogP contribution in [-0.2, 0) is 0 Å². The molecule has 25 heavy (non-hydrogen) atoms. The van der Waals surface area contributed by atoms with Gasteiger partial charge in [-0.25, -0.2) is 4.79 Å². The van der Waals surface area contributed by atoms with Gasteiger partial charge in [-0.1, -0.05) is 30.3 Å². The number of hydrogen-bond acceptors (Lipinski definition) is 3. The monoisotopic (exact) mass is 334 g/mol. The predicted molar refractivity (Wildman–Crippen MR) is 98.3 cm³/mol. The fourth-order valence-corrected chi connectivity index (χ4v) is 3.01. The highest BCUT2D eigenvalue weighted by Gasteiger charge is 2.22. The number of carbonyl (C=O) groups is 1. The summed E-state index contributed by atoms with van der Waals surface area (Å²) in [6.07, 6.45) is 0. The lowest BCUT2D eigenvalue weighted by atomic mass is 10.1. The molecule has 0 saturated carbocycles. The topological polar surface area (TPSA) is 59.4 Å². The van der Waals surface area contributed by atoms with E-state index in [1.165, 1.54) is 5.69 Å². The quantitative estimate of drug-likeness (QED) is 0.938. The second kappa shape index (κ2) is 7.71. The number of nitrogens with one attached hydrogen (secondary N) is 1. The highest BCUT2D eigenvalue weighted by molar-refractivity contribution is 5.75. The lowest BCUT2D eigenvalue weighted by molar-refractivity contribution is 0.191. The van der Waals surface area contributed by atoms with Gasteiger partial charge >= 0.3 is 6.03 Å². The largest absolute Gasteiger partial charge is 0.368 e. The van der Waals surface area contributed by atoms with E-state index < -0.39 is 0 Å². The van der Waals surface area contributed by atoms with Gasteiger partial charge in [-0.05, 0) is 36.8 Å². The van der Waals surface area contributed by atoms with Crippen LogP contribution in [0.3, 0.4) is 0 Å². The molecule has 0 bridgehead atoms. The molecule has 2 aromatic carbocycles. The maximum Gasteiger partial charge on any atom is 0.317 e. The molecule has 3 rings (SSSR count). The van der Waals surface area contributed by atoms with E-state index in [-0.39, 0.29) is 12.1 Å². The van der Waals surface area contributed by atoms with Crippen molar-refractivity contribution in [2.24, 2.45) is 0 Å². The molecule has 1 fully saturated rings. The lowest BCUT2D eigenvalue weighted by Gasteiger charge is -2.36. The van der Waals surface area contributed by atoms with Gasteiger partial charge in [-0.3, -0.25) is 0 Å². The van der Waals surface area contributed by atoms with E-state index in [2.05, 4.69) is 28.4 Å². The fourth-order valence-electron chi connectivity index (χ4n) is 3.01. The van der Waals surface area contributed by atoms with Gasteiger partial charge in [0.1, 0.15) is 0 Å². The van der Waals surface area contributed by atoms with Crippen molar-refractivity contribution < 1.29 is 4.79 Å². The van der Waals surface area contributed by atoms with Crippen LogP contribution in [0.2, 0.25) is 0 Å². The number of anilines is 1. The fraction of sp³-hybridized carbons (Fsp3) is 0.300. The van der Waals surface area contributed by atoms with Crippen LogP contribution in [-0.4, -0.2) is 37.1 Å². The molecule has 1 aliphatic rings. The number of urea groups is 1. The maximum atomic E-state index is 12.5. The Bertz CT molecular complexity index is 744. The Kier molecular flexibility index (Phi) is 5.20. The zero-order valence-corrected chi connectivity index (χ0v) is 14.4. The van der Waals surface area contributed by atoms with E-state index in [0.717, 1.165) is 18.7 Å². The van der Waals surface area contributed by atoms with E-state index in [9.17, 15) is 4.79 Å². The molecule has 0 radical (unpaired) electrons. The van der Waals surface area contributed by atoms with Gasteiger partial charge in [-0.2, -0.15) is 5.26 Å². The number of benzene rings is 2. The normalized spacial score (nSPS) is 15.4. The predicted octanol–water partition coefficient (Wildman–Crippen LogP) is 3.15. The summed E-state index contributed by atoms with van der Waals surface area (Å²) in [4.78, 5) is 16.7. The Labute approximate surface area is 148 Å². The first-order valence-corrected chi connectivity index (χ1v) is 8.53. The van der Waals surface area contributed by atoms with Gasteiger partial charge in [0.2, 0.25) is 0 Å². The second-order valence-electron chi connectivity index (χ2n) is 6.21. The average Bonchev–Trinajstić information content (AvgIpc) is 2.68. The van der Waals surface area contributed by atoms with Crippen molar-refractivity contribution in [1.82, 2.24) is 10.2 Å². The molecule has 2 amide bonds. The average molecular weight is 334 g/mol. The van der Waals surface area contributed by atoms with Crippen LogP contribution >= 0.6 is 0 Å². The van der Waals surface area contributed by atoms with Gasteiger partial charge in [0.15, 0.2) is 0 Å². The van der Waals surface area contributed by atoms with E-state index in [1.807, 2.05) is 42.2 Å². The van der Waals surface area contributed by atoms with Crippen LogP contribution < -0.4 is 10.2 Å². The Morgan fingerprint density at radius 3 is 2.28 bits per heavy atom. The molecule has 1 N–H and O–H groups in total. The summed E-state index contributed by atoms with van der Waals surface area (Å²) in [5.41, 5.74) is 2.82. The van der Waals surface area contributed by atoms with Crippen molar-refractivity contribution in [3.63, 3.8) is 0 Å². The number of rotatable bonds is 3. The molecule has 128 valence electrons. The first kappa shape index (κ1) is 16.8. The molecule has 1 saturated heterocycles. The van der Waals surface area contributed by atoms with Crippen LogP contribution in [0.15, 0.2) is 54.6 Å². The zero-order valence-electron chi connectivity index (χ0n) is 14.4. The molecule has 0 aromatic heterocycles. The van der Waals surface area contributed by atoms with Crippen molar-refractivity contribution in [2.75, 3.05) is 31.1 Å². The number of piperazine rings is 1. The Morgan fingerprint density at radius 1 is 1.04 bits per heavy atom. The molecule has 1 heterocycles. The molecular weight excluding hydrogens is 312 g/mol. The molecule has 5 heteroatoms. The standard InChI is InChI=1S/C20H22N4O/c1-16(18-9-7-17(15-21)8-10-18)22-20(25)24-13-11-23(12-14-24)19-5-3-2-4-6-19/h2-10,16H,11-14H2,1H3,(H,22,25). The van der Waals surface area contributed by atoms with Crippen LogP contribution in [0, 0.1) is 11.3 Å². The summed E-state index contributed by atoms with van der Waals surface area (Å²) in [6.45, 7) is 5.05. The number of nitriles is 1. The van der Waals surface area contributed by atoms with Gasteiger partial charge in [-0.15, -0.1) is 0 Å².